The van der Waals surface area contributed by atoms with E-state index in [1.54, 1.807) is 0 Å². The first kappa shape index (κ1) is 43.6. The largest absolute Gasteiger partial charge is 0.310 e. The van der Waals surface area contributed by atoms with Gasteiger partial charge >= 0.3 is 0 Å². The molecule has 3 aliphatic carbocycles. The van der Waals surface area contributed by atoms with Crippen molar-refractivity contribution in [2.75, 3.05) is 9.80 Å². The summed E-state index contributed by atoms with van der Waals surface area (Å²) in [6, 6.07) is 98.5. The summed E-state index contributed by atoms with van der Waals surface area (Å²) in [7, 11) is 0. The fraction of sp³-hybridized carbons (Fsp3) is 0.0959. The van der Waals surface area contributed by atoms with Crippen LogP contribution < -0.4 is 9.80 Å². The average molecular weight is 959 g/mol. The van der Waals surface area contributed by atoms with Gasteiger partial charge in [-0.05, 0) is 180 Å². The van der Waals surface area contributed by atoms with Gasteiger partial charge in [0.15, 0.2) is 0 Å². The topological polar surface area (TPSA) is 6.48 Å². The zero-order valence-electron chi connectivity index (χ0n) is 41.8. The number of hydrogen-bond donors (Lipinski definition) is 0. The highest BCUT2D eigenvalue weighted by Crippen LogP contribution is 2.64. The van der Waals surface area contributed by atoms with Crippen LogP contribution in [0.25, 0.3) is 65.7 Å². The molecule has 2 nitrogen and oxygen atoms in total. The van der Waals surface area contributed by atoms with Crippen molar-refractivity contribution in [3.05, 3.63) is 289 Å². The van der Waals surface area contributed by atoms with Crippen molar-refractivity contribution in [1.82, 2.24) is 0 Å². The van der Waals surface area contributed by atoms with Crippen molar-refractivity contribution >= 4 is 66.4 Å². The molecule has 75 heavy (non-hydrogen) atoms. The Morgan fingerprint density at radius 1 is 0.280 bits per heavy atom. The lowest BCUT2D eigenvalue weighted by atomic mass is 9.70. The van der Waals surface area contributed by atoms with E-state index >= 15 is 0 Å². The predicted octanol–water partition coefficient (Wildman–Crippen LogP) is 20.1. The number of rotatable bonds is 8. The number of benzene rings is 12. The van der Waals surface area contributed by atoms with Crippen LogP contribution in [0.3, 0.4) is 0 Å². The molecule has 356 valence electrons. The number of nitrogens with zero attached hydrogens (tertiary/aromatic N) is 2. The van der Waals surface area contributed by atoms with E-state index in [9.17, 15) is 0 Å². The van der Waals surface area contributed by atoms with Gasteiger partial charge in [-0.1, -0.05) is 207 Å². The fourth-order valence-corrected chi connectivity index (χ4v) is 13.5. The van der Waals surface area contributed by atoms with Crippen molar-refractivity contribution in [1.29, 1.82) is 0 Å². The van der Waals surface area contributed by atoms with E-state index in [1.165, 1.54) is 131 Å². The summed E-state index contributed by atoms with van der Waals surface area (Å²) in [4.78, 5) is 5.02. The Morgan fingerprint density at radius 3 is 1.29 bits per heavy atom. The molecule has 0 amide bonds. The molecule has 0 radical (unpaired) electrons. The highest BCUT2D eigenvalue weighted by Gasteiger charge is 2.52. The van der Waals surface area contributed by atoms with Crippen LogP contribution in [-0.4, -0.2) is 0 Å². The Balaban J connectivity index is 0.973. The third-order valence-electron chi connectivity index (χ3n) is 17.0. The summed E-state index contributed by atoms with van der Waals surface area (Å²) in [6.07, 6.45) is 6.56. The van der Waals surface area contributed by atoms with Gasteiger partial charge in [0.1, 0.15) is 0 Å². The molecule has 0 heterocycles. The molecule has 12 aromatic rings. The summed E-state index contributed by atoms with van der Waals surface area (Å²) < 4.78 is 0. The average Bonchev–Trinajstić information content (AvgIpc) is 4.17. The van der Waals surface area contributed by atoms with E-state index in [4.69, 9.17) is 0 Å². The highest BCUT2D eigenvalue weighted by atomic mass is 15.1. The molecule has 0 saturated heterocycles. The Kier molecular flexibility index (Phi) is 10.2. The van der Waals surface area contributed by atoms with E-state index in [0.717, 1.165) is 28.4 Å². The third kappa shape index (κ3) is 7.00. The normalized spacial score (nSPS) is 15.5. The molecule has 1 fully saturated rings. The summed E-state index contributed by atoms with van der Waals surface area (Å²) in [5.41, 5.74) is 20.4. The Morgan fingerprint density at radius 2 is 0.707 bits per heavy atom. The van der Waals surface area contributed by atoms with Crippen LogP contribution in [0.15, 0.2) is 261 Å². The van der Waals surface area contributed by atoms with Gasteiger partial charge in [-0.2, -0.15) is 0 Å². The van der Waals surface area contributed by atoms with Crippen LogP contribution in [0.5, 0.6) is 0 Å². The standard InChI is InChI=1S/C73H54N2/c1-3-17-49(18-4-1)52-31-35-58(36-32-52)74(59-37-33-50-19-7-9-23-54(50)43-59)61-39-41-65-63-27-13-15-29-68(63)73(70(65)47-61)69-30-16-14-28-64(69)66-42-40-62(48-71(66)73)75(60-38-34-51-20-8-10-24-55(51)44-60)72-46-57-26-12-11-25-56(57)45-67(72)53-21-5-2-6-22-53/h2,5-16,19-49H,1,3-4,17-18H2. The molecule has 0 aromatic heterocycles. The summed E-state index contributed by atoms with van der Waals surface area (Å²) >= 11 is 0. The van der Waals surface area contributed by atoms with Crippen molar-refractivity contribution in [2.24, 2.45) is 0 Å². The van der Waals surface area contributed by atoms with Crippen molar-refractivity contribution < 1.29 is 0 Å². The zero-order valence-corrected chi connectivity index (χ0v) is 41.8. The molecular formula is C73H54N2. The van der Waals surface area contributed by atoms with Crippen molar-refractivity contribution in [3.8, 4) is 33.4 Å². The molecule has 1 spiro atoms. The first-order chi connectivity index (χ1) is 37.2. The van der Waals surface area contributed by atoms with Gasteiger partial charge in [0, 0.05) is 34.0 Å². The maximum Gasteiger partial charge on any atom is 0.0727 e. The van der Waals surface area contributed by atoms with Crippen LogP contribution in [-0.2, 0) is 5.41 Å². The molecular weight excluding hydrogens is 905 g/mol. The summed E-state index contributed by atoms with van der Waals surface area (Å²) in [5.74, 6) is 0.635. The second-order valence-corrected chi connectivity index (χ2v) is 21.0. The van der Waals surface area contributed by atoms with Crippen molar-refractivity contribution in [2.45, 2.75) is 43.4 Å². The molecule has 0 N–H and O–H groups in total. The monoisotopic (exact) mass is 958 g/mol. The van der Waals surface area contributed by atoms with Crippen molar-refractivity contribution in [3.63, 3.8) is 0 Å². The maximum atomic E-state index is 2.54. The number of hydrogen-bond acceptors (Lipinski definition) is 2. The van der Waals surface area contributed by atoms with E-state index in [0.29, 0.717) is 5.92 Å². The molecule has 1 atom stereocenters. The summed E-state index contributed by atoms with van der Waals surface area (Å²) in [5, 5.41) is 7.32. The van der Waals surface area contributed by atoms with Crippen LogP contribution in [0.2, 0.25) is 0 Å². The Bertz CT molecular complexity index is 4170. The first-order valence-corrected chi connectivity index (χ1v) is 26.9. The molecule has 0 aliphatic heterocycles. The van der Waals surface area contributed by atoms with Crippen LogP contribution in [0.4, 0.5) is 34.1 Å². The van der Waals surface area contributed by atoms with Gasteiger partial charge in [-0.15, -0.1) is 0 Å². The summed E-state index contributed by atoms with van der Waals surface area (Å²) in [6.45, 7) is 0. The highest BCUT2D eigenvalue weighted by molar-refractivity contribution is 6.02. The SMILES string of the molecule is c1ccc(-c2cc3ccccc3cc2N(c2ccc3c(c2)C2(c4ccccc4-c4ccc(N(c5ccc(C6CCCCC6)cc5)c5ccc6ccccc6c5)cc42)c2ccccc2-3)c2ccc3ccccc3c2)cc1. The molecule has 15 rings (SSSR count). The Labute approximate surface area is 439 Å². The van der Waals surface area contributed by atoms with Crippen LogP contribution in [0.1, 0.15) is 65.8 Å². The molecule has 2 heteroatoms. The molecule has 12 aromatic carbocycles. The van der Waals surface area contributed by atoms with Gasteiger partial charge < -0.3 is 9.80 Å². The Hall–Kier alpha value is -8.98. The second kappa shape index (κ2) is 17.6. The minimum Gasteiger partial charge on any atom is -0.310 e. The quantitative estimate of drug-likeness (QED) is 0.150. The van der Waals surface area contributed by atoms with Gasteiger partial charge in [0.2, 0.25) is 0 Å². The maximum absolute atomic E-state index is 2.54. The van der Waals surface area contributed by atoms with Gasteiger partial charge in [0.05, 0.1) is 11.1 Å². The number of fused-ring (bicyclic) bond motifs is 13. The van der Waals surface area contributed by atoms with E-state index < -0.39 is 5.41 Å². The lowest BCUT2D eigenvalue weighted by Crippen LogP contribution is -2.26. The molecule has 0 bridgehead atoms. The van der Waals surface area contributed by atoms with Gasteiger partial charge in [0.25, 0.3) is 0 Å². The van der Waals surface area contributed by atoms with Crippen LogP contribution >= 0.6 is 0 Å². The first-order valence-electron chi connectivity index (χ1n) is 26.9. The molecule has 1 unspecified atom stereocenters. The third-order valence-corrected chi connectivity index (χ3v) is 17.0. The fourth-order valence-electron chi connectivity index (χ4n) is 13.5. The smallest absolute Gasteiger partial charge is 0.0727 e. The lowest BCUT2D eigenvalue weighted by molar-refractivity contribution is 0.443. The van der Waals surface area contributed by atoms with E-state index in [-0.39, 0.29) is 0 Å². The zero-order chi connectivity index (χ0) is 49.5. The number of anilines is 6. The van der Waals surface area contributed by atoms with Gasteiger partial charge in [-0.25, -0.2) is 0 Å². The lowest BCUT2D eigenvalue weighted by Gasteiger charge is -2.34. The predicted molar refractivity (Wildman–Crippen MR) is 316 cm³/mol. The molecule has 1 saturated carbocycles. The molecule has 3 aliphatic rings. The van der Waals surface area contributed by atoms with Crippen LogP contribution in [0, 0.1) is 0 Å². The van der Waals surface area contributed by atoms with Gasteiger partial charge in [-0.3, -0.25) is 0 Å². The second-order valence-electron chi connectivity index (χ2n) is 21.0. The minimum absolute atomic E-state index is 0.607. The van der Waals surface area contributed by atoms with E-state index in [2.05, 4.69) is 271 Å². The minimum atomic E-state index is -0.607. The van der Waals surface area contributed by atoms with E-state index in [1.807, 2.05) is 0 Å².